The Morgan fingerprint density at radius 1 is 1.50 bits per heavy atom. The van der Waals surface area contributed by atoms with Crippen LogP contribution in [0.1, 0.15) is 39.5 Å². The standard InChI is InChI=1S/C11H21NO2/c1-9(2)12(7-4-8-13)11(14)10-5-3-6-10/h9-10,13H,3-8H2,1-2H3. The van der Waals surface area contributed by atoms with E-state index >= 15 is 0 Å². The van der Waals surface area contributed by atoms with Crippen LogP contribution >= 0.6 is 0 Å². The van der Waals surface area contributed by atoms with Crippen molar-refractivity contribution in [2.75, 3.05) is 13.2 Å². The zero-order valence-electron chi connectivity index (χ0n) is 9.20. The third-order valence-electron chi connectivity index (χ3n) is 2.92. The minimum atomic E-state index is 0.168. The molecule has 0 bridgehead atoms. The number of rotatable bonds is 5. The minimum absolute atomic E-state index is 0.168. The number of aliphatic hydroxyl groups excluding tert-OH is 1. The van der Waals surface area contributed by atoms with Crippen LogP contribution in [0.15, 0.2) is 0 Å². The van der Waals surface area contributed by atoms with Gasteiger partial charge in [0, 0.05) is 25.1 Å². The van der Waals surface area contributed by atoms with Crippen LogP contribution in [0.3, 0.4) is 0 Å². The monoisotopic (exact) mass is 199 g/mol. The molecule has 1 saturated carbocycles. The molecular formula is C11H21NO2. The fourth-order valence-electron chi connectivity index (χ4n) is 1.75. The molecule has 1 aliphatic carbocycles. The molecule has 0 spiro atoms. The van der Waals surface area contributed by atoms with Crippen LogP contribution < -0.4 is 0 Å². The van der Waals surface area contributed by atoms with Gasteiger partial charge in [-0.2, -0.15) is 0 Å². The molecule has 0 radical (unpaired) electrons. The molecule has 3 heteroatoms. The van der Waals surface area contributed by atoms with E-state index in [9.17, 15) is 4.79 Å². The summed E-state index contributed by atoms with van der Waals surface area (Å²) in [5, 5.41) is 8.75. The second kappa shape index (κ2) is 5.35. The van der Waals surface area contributed by atoms with Crippen LogP contribution in [0.25, 0.3) is 0 Å². The fourth-order valence-corrected chi connectivity index (χ4v) is 1.75. The second-order valence-corrected chi connectivity index (χ2v) is 4.33. The predicted molar refractivity (Wildman–Crippen MR) is 55.9 cm³/mol. The summed E-state index contributed by atoms with van der Waals surface area (Å²) < 4.78 is 0. The number of amides is 1. The minimum Gasteiger partial charge on any atom is -0.396 e. The Balaban J connectivity index is 2.43. The summed E-state index contributed by atoms with van der Waals surface area (Å²) in [6, 6.07) is 0.259. The number of hydrogen-bond acceptors (Lipinski definition) is 2. The van der Waals surface area contributed by atoms with Crippen molar-refractivity contribution < 1.29 is 9.90 Å². The van der Waals surface area contributed by atoms with E-state index in [0.29, 0.717) is 18.9 Å². The third kappa shape index (κ3) is 2.71. The normalized spacial score (nSPS) is 16.9. The summed E-state index contributed by atoms with van der Waals surface area (Å²) in [4.78, 5) is 13.8. The van der Waals surface area contributed by atoms with Gasteiger partial charge in [-0.05, 0) is 33.1 Å². The Morgan fingerprint density at radius 2 is 2.14 bits per heavy atom. The molecule has 0 heterocycles. The molecule has 1 amide bonds. The molecule has 0 atom stereocenters. The number of hydrogen-bond donors (Lipinski definition) is 1. The highest BCUT2D eigenvalue weighted by atomic mass is 16.3. The van der Waals surface area contributed by atoms with Crippen LogP contribution in [0.5, 0.6) is 0 Å². The first-order valence-corrected chi connectivity index (χ1v) is 5.58. The lowest BCUT2D eigenvalue weighted by atomic mass is 9.84. The molecular weight excluding hydrogens is 178 g/mol. The van der Waals surface area contributed by atoms with Crippen molar-refractivity contribution in [1.82, 2.24) is 4.90 Å². The molecule has 1 rings (SSSR count). The average molecular weight is 199 g/mol. The first kappa shape index (κ1) is 11.5. The van der Waals surface area contributed by atoms with Crippen LogP contribution in [0, 0.1) is 5.92 Å². The topological polar surface area (TPSA) is 40.5 Å². The smallest absolute Gasteiger partial charge is 0.225 e. The Bertz CT molecular complexity index is 188. The van der Waals surface area contributed by atoms with Crippen molar-refractivity contribution in [3.8, 4) is 0 Å². The molecule has 14 heavy (non-hydrogen) atoms. The van der Waals surface area contributed by atoms with Gasteiger partial charge in [-0.3, -0.25) is 4.79 Å². The summed E-state index contributed by atoms with van der Waals surface area (Å²) in [6.07, 6.45) is 4.00. The van der Waals surface area contributed by atoms with E-state index in [4.69, 9.17) is 5.11 Å². The van der Waals surface area contributed by atoms with E-state index in [0.717, 1.165) is 12.8 Å². The Kier molecular flexibility index (Phi) is 4.39. The maximum atomic E-state index is 11.9. The molecule has 0 aromatic carbocycles. The zero-order valence-corrected chi connectivity index (χ0v) is 9.20. The SMILES string of the molecule is CC(C)N(CCCO)C(=O)C1CCC1. The van der Waals surface area contributed by atoms with Crippen molar-refractivity contribution in [1.29, 1.82) is 0 Å². The first-order chi connectivity index (χ1) is 6.66. The Morgan fingerprint density at radius 3 is 2.50 bits per heavy atom. The van der Waals surface area contributed by atoms with E-state index in [1.165, 1.54) is 6.42 Å². The predicted octanol–water partition coefficient (Wildman–Crippen LogP) is 1.41. The third-order valence-corrected chi connectivity index (χ3v) is 2.92. The highest BCUT2D eigenvalue weighted by molar-refractivity contribution is 5.79. The van der Waals surface area contributed by atoms with Gasteiger partial charge in [0.1, 0.15) is 0 Å². The van der Waals surface area contributed by atoms with Crippen molar-refractivity contribution in [2.45, 2.75) is 45.6 Å². The second-order valence-electron chi connectivity index (χ2n) is 4.33. The van der Waals surface area contributed by atoms with Gasteiger partial charge in [0.15, 0.2) is 0 Å². The zero-order chi connectivity index (χ0) is 10.6. The summed E-state index contributed by atoms with van der Waals surface area (Å²) in [7, 11) is 0. The van der Waals surface area contributed by atoms with E-state index in [-0.39, 0.29) is 18.6 Å². The molecule has 0 unspecified atom stereocenters. The number of carbonyl (C=O) groups excluding carboxylic acids is 1. The summed E-state index contributed by atoms with van der Waals surface area (Å²) in [5.74, 6) is 0.566. The maximum Gasteiger partial charge on any atom is 0.225 e. The van der Waals surface area contributed by atoms with Gasteiger partial charge in [0.05, 0.1) is 0 Å². The van der Waals surface area contributed by atoms with Crippen molar-refractivity contribution in [3.05, 3.63) is 0 Å². The molecule has 3 nitrogen and oxygen atoms in total. The van der Waals surface area contributed by atoms with E-state index in [1.54, 1.807) is 0 Å². The van der Waals surface area contributed by atoms with Gasteiger partial charge in [-0.1, -0.05) is 6.42 Å². The van der Waals surface area contributed by atoms with E-state index < -0.39 is 0 Å². The molecule has 0 aromatic heterocycles. The first-order valence-electron chi connectivity index (χ1n) is 5.58. The number of carbonyl (C=O) groups is 1. The number of nitrogens with zero attached hydrogens (tertiary/aromatic N) is 1. The summed E-state index contributed by atoms with van der Waals surface area (Å²) in [6.45, 7) is 4.94. The van der Waals surface area contributed by atoms with Crippen molar-refractivity contribution >= 4 is 5.91 Å². The molecule has 82 valence electrons. The highest BCUT2D eigenvalue weighted by Crippen LogP contribution is 2.28. The molecule has 0 aromatic rings. The van der Waals surface area contributed by atoms with Crippen LogP contribution in [0.2, 0.25) is 0 Å². The van der Waals surface area contributed by atoms with Crippen molar-refractivity contribution in [2.24, 2.45) is 5.92 Å². The Labute approximate surface area is 86.1 Å². The molecule has 0 aliphatic heterocycles. The summed E-state index contributed by atoms with van der Waals surface area (Å²) >= 11 is 0. The molecule has 1 N–H and O–H groups in total. The lowest BCUT2D eigenvalue weighted by Crippen LogP contribution is -2.43. The molecule has 0 saturated heterocycles. The van der Waals surface area contributed by atoms with E-state index in [1.807, 2.05) is 18.7 Å². The lowest BCUT2D eigenvalue weighted by Gasteiger charge is -2.34. The van der Waals surface area contributed by atoms with Crippen LogP contribution in [0.4, 0.5) is 0 Å². The van der Waals surface area contributed by atoms with E-state index in [2.05, 4.69) is 0 Å². The quantitative estimate of drug-likeness (QED) is 0.727. The van der Waals surface area contributed by atoms with Gasteiger partial charge in [0.2, 0.25) is 5.91 Å². The Hall–Kier alpha value is -0.570. The van der Waals surface area contributed by atoms with Crippen LogP contribution in [-0.4, -0.2) is 35.1 Å². The lowest BCUT2D eigenvalue weighted by molar-refractivity contribution is -0.140. The highest BCUT2D eigenvalue weighted by Gasteiger charge is 2.30. The van der Waals surface area contributed by atoms with Gasteiger partial charge in [-0.25, -0.2) is 0 Å². The largest absolute Gasteiger partial charge is 0.396 e. The summed E-state index contributed by atoms with van der Waals surface area (Å²) in [5.41, 5.74) is 0. The van der Waals surface area contributed by atoms with Crippen LogP contribution in [-0.2, 0) is 4.79 Å². The maximum absolute atomic E-state index is 11.9. The average Bonchev–Trinajstić information content (AvgIpc) is 2.01. The van der Waals surface area contributed by atoms with Gasteiger partial charge in [-0.15, -0.1) is 0 Å². The van der Waals surface area contributed by atoms with Gasteiger partial charge >= 0.3 is 0 Å². The van der Waals surface area contributed by atoms with Crippen molar-refractivity contribution in [3.63, 3.8) is 0 Å². The molecule has 1 fully saturated rings. The van der Waals surface area contributed by atoms with Gasteiger partial charge < -0.3 is 10.0 Å². The van der Waals surface area contributed by atoms with Gasteiger partial charge in [0.25, 0.3) is 0 Å². The molecule has 1 aliphatic rings. The number of aliphatic hydroxyl groups is 1. The fraction of sp³-hybridized carbons (Fsp3) is 0.909.